The third kappa shape index (κ3) is 3.56. The van der Waals surface area contributed by atoms with E-state index in [1.165, 1.54) is 15.9 Å². The van der Waals surface area contributed by atoms with Crippen LogP contribution in [0.15, 0.2) is 12.1 Å². The van der Waals surface area contributed by atoms with Gasteiger partial charge in [-0.2, -0.15) is 4.52 Å². The number of hydrogen-bond donors (Lipinski definition) is 1. The highest BCUT2D eigenvalue weighted by Gasteiger charge is 2.33. The Kier molecular flexibility index (Phi) is 5.75. The summed E-state index contributed by atoms with van der Waals surface area (Å²) >= 11 is 1.46. The summed E-state index contributed by atoms with van der Waals surface area (Å²) in [5, 5.41) is 15.4. The van der Waals surface area contributed by atoms with Crippen LogP contribution in [-0.4, -0.2) is 59.0 Å². The first kappa shape index (κ1) is 20.7. The minimum atomic E-state index is -0.167. The summed E-state index contributed by atoms with van der Waals surface area (Å²) in [5.74, 6) is 3.21. The van der Waals surface area contributed by atoms with E-state index in [0.29, 0.717) is 34.0 Å². The van der Waals surface area contributed by atoms with Crippen LogP contribution in [0.2, 0.25) is 0 Å². The Morgan fingerprint density at radius 2 is 1.73 bits per heavy atom. The van der Waals surface area contributed by atoms with Gasteiger partial charge in [0.05, 0.1) is 32.2 Å². The van der Waals surface area contributed by atoms with Gasteiger partial charge in [0.2, 0.25) is 16.6 Å². The van der Waals surface area contributed by atoms with Crippen LogP contribution in [0, 0.1) is 12.8 Å². The predicted molar refractivity (Wildman–Crippen MR) is 115 cm³/mol. The van der Waals surface area contributed by atoms with Gasteiger partial charge in [0.15, 0.2) is 11.5 Å². The van der Waals surface area contributed by atoms with Crippen molar-refractivity contribution >= 4 is 16.3 Å². The number of aromatic hydroxyl groups is 1. The van der Waals surface area contributed by atoms with Crippen LogP contribution in [0.4, 0.5) is 0 Å². The van der Waals surface area contributed by atoms with E-state index in [-0.39, 0.29) is 11.9 Å². The minimum absolute atomic E-state index is 0.132. The molecule has 4 rings (SSSR count). The Morgan fingerprint density at radius 3 is 2.27 bits per heavy atom. The zero-order chi connectivity index (χ0) is 21.4. The molecule has 1 saturated heterocycles. The number of hydrogen-bond acceptors (Lipinski definition) is 8. The topological polar surface area (TPSA) is 81.4 Å². The summed E-state index contributed by atoms with van der Waals surface area (Å²) < 4.78 is 18.2. The second kappa shape index (κ2) is 8.31. The Labute approximate surface area is 180 Å². The molecular weight excluding hydrogens is 404 g/mol. The third-order valence-corrected chi connectivity index (χ3v) is 6.81. The van der Waals surface area contributed by atoms with Crippen LogP contribution in [0.3, 0.4) is 0 Å². The number of aromatic nitrogens is 3. The molecule has 0 unspecified atom stereocenters. The highest BCUT2D eigenvalue weighted by molar-refractivity contribution is 7.17. The molecular formula is C21H28N4O4S. The summed E-state index contributed by atoms with van der Waals surface area (Å²) in [6, 6.07) is 3.76. The Morgan fingerprint density at radius 1 is 1.10 bits per heavy atom. The van der Waals surface area contributed by atoms with E-state index in [4.69, 9.17) is 14.2 Å². The number of fused-ring (bicyclic) bond motifs is 1. The highest BCUT2D eigenvalue weighted by atomic mass is 32.1. The number of likely N-dealkylation sites (tertiary alicyclic amines) is 1. The van der Waals surface area contributed by atoms with Crippen molar-refractivity contribution < 1.29 is 19.3 Å². The van der Waals surface area contributed by atoms with Crippen LogP contribution in [-0.2, 0) is 0 Å². The van der Waals surface area contributed by atoms with Gasteiger partial charge in [0, 0.05) is 0 Å². The Bertz CT molecular complexity index is 1010. The molecule has 0 spiro atoms. The fourth-order valence-corrected chi connectivity index (χ4v) is 5.26. The fourth-order valence-electron chi connectivity index (χ4n) is 4.10. The van der Waals surface area contributed by atoms with Crippen LogP contribution in [0.25, 0.3) is 4.96 Å². The average Bonchev–Trinajstić information content (AvgIpc) is 3.25. The average molecular weight is 433 g/mol. The molecule has 0 radical (unpaired) electrons. The molecule has 1 N–H and O–H groups in total. The first-order valence-electron chi connectivity index (χ1n) is 10.1. The lowest BCUT2D eigenvalue weighted by molar-refractivity contribution is 0.157. The molecule has 1 aliphatic heterocycles. The molecule has 1 atom stereocenters. The maximum absolute atomic E-state index is 11.0. The van der Waals surface area contributed by atoms with Crippen molar-refractivity contribution in [3.05, 3.63) is 28.4 Å². The number of aryl methyl sites for hydroxylation is 1. The van der Waals surface area contributed by atoms with Gasteiger partial charge in [-0.15, -0.1) is 5.10 Å². The van der Waals surface area contributed by atoms with Crippen molar-refractivity contribution in [1.29, 1.82) is 0 Å². The minimum Gasteiger partial charge on any atom is -0.493 e. The number of methoxy groups -OCH3 is 3. The van der Waals surface area contributed by atoms with Gasteiger partial charge in [-0.05, 0) is 56.5 Å². The van der Waals surface area contributed by atoms with Crippen molar-refractivity contribution in [3.63, 3.8) is 0 Å². The molecule has 0 amide bonds. The first-order chi connectivity index (χ1) is 14.5. The molecule has 1 fully saturated rings. The molecule has 0 saturated carbocycles. The summed E-state index contributed by atoms with van der Waals surface area (Å²) in [6.45, 7) is 5.99. The van der Waals surface area contributed by atoms with Gasteiger partial charge >= 0.3 is 0 Å². The number of benzene rings is 1. The van der Waals surface area contributed by atoms with Crippen molar-refractivity contribution in [1.82, 2.24) is 19.5 Å². The zero-order valence-electron chi connectivity index (χ0n) is 18.0. The smallest absolute Gasteiger partial charge is 0.230 e. The standard InChI is InChI=1S/C21H28N4O4S/c1-12-6-8-24(9-7-12)17(19-20(26)25-21(30-19)22-13(2)23-25)14-10-15(27-3)18(29-5)16(11-14)28-4/h10-12,17,26H,6-9H2,1-5H3/t17-/m1/s1. The quantitative estimate of drug-likeness (QED) is 0.637. The molecule has 1 aliphatic rings. The fraction of sp³-hybridized carbons (Fsp3) is 0.524. The van der Waals surface area contributed by atoms with E-state index >= 15 is 0 Å². The van der Waals surface area contributed by atoms with Gasteiger partial charge in [-0.3, -0.25) is 4.90 Å². The number of thiazole rings is 1. The second-order valence-electron chi connectivity index (χ2n) is 7.72. The van der Waals surface area contributed by atoms with Crippen molar-refractivity contribution in [2.24, 2.45) is 5.92 Å². The molecule has 30 heavy (non-hydrogen) atoms. The summed E-state index contributed by atoms with van der Waals surface area (Å²) in [7, 11) is 4.82. The lowest BCUT2D eigenvalue weighted by Crippen LogP contribution is -2.36. The summed E-state index contributed by atoms with van der Waals surface area (Å²) in [5.41, 5.74) is 0.968. The Hall–Kier alpha value is -2.52. The van der Waals surface area contributed by atoms with Gasteiger partial charge in [0.1, 0.15) is 5.82 Å². The van der Waals surface area contributed by atoms with Crippen LogP contribution < -0.4 is 14.2 Å². The number of nitrogens with zero attached hydrogens (tertiary/aromatic N) is 4. The molecule has 9 heteroatoms. The van der Waals surface area contributed by atoms with Gasteiger partial charge in [-0.25, -0.2) is 4.98 Å². The van der Waals surface area contributed by atoms with Crippen molar-refractivity contribution in [3.8, 4) is 23.1 Å². The van der Waals surface area contributed by atoms with Crippen molar-refractivity contribution in [2.75, 3.05) is 34.4 Å². The van der Waals surface area contributed by atoms with Gasteiger partial charge in [0.25, 0.3) is 0 Å². The van der Waals surface area contributed by atoms with E-state index in [2.05, 4.69) is 21.9 Å². The normalized spacial score (nSPS) is 16.7. The SMILES string of the molecule is COc1cc([C@H](c2sc3nc(C)nn3c2O)N2CCC(C)CC2)cc(OC)c1OC. The molecule has 162 valence electrons. The van der Waals surface area contributed by atoms with Crippen molar-refractivity contribution in [2.45, 2.75) is 32.7 Å². The van der Waals surface area contributed by atoms with Gasteiger partial charge in [-0.1, -0.05) is 18.3 Å². The van der Waals surface area contributed by atoms with Gasteiger partial charge < -0.3 is 19.3 Å². The lowest BCUT2D eigenvalue weighted by atomic mass is 9.95. The van der Waals surface area contributed by atoms with Crippen LogP contribution >= 0.6 is 11.3 Å². The molecule has 1 aromatic carbocycles. The largest absolute Gasteiger partial charge is 0.493 e. The maximum Gasteiger partial charge on any atom is 0.230 e. The lowest BCUT2D eigenvalue weighted by Gasteiger charge is -2.36. The molecule has 8 nitrogen and oxygen atoms in total. The van der Waals surface area contributed by atoms with Crippen LogP contribution in [0.5, 0.6) is 23.1 Å². The maximum atomic E-state index is 11.0. The van der Waals surface area contributed by atoms with E-state index in [0.717, 1.165) is 36.4 Å². The number of rotatable bonds is 6. The molecule has 3 heterocycles. The monoisotopic (exact) mass is 432 g/mol. The third-order valence-electron chi connectivity index (χ3n) is 5.74. The number of ether oxygens (including phenoxy) is 3. The first-order valence-corrected chi connectivity index (χ1v) is 10.9. The highest BCUT2D eigenvalue weighted by Crippen LogP contribution is 2.46. The van der Waals surface area contributed by atoms with E-state index in [9.17, 15) is 5.11 Å². The zero-order valence-corrected chi connectivity index (χ0v) is 18.8. The van der Waals surface area contributed by atoms with E-state index < -0.39 is 0 Å². The van der Waals surface area contributed by atoms with E-state index in [1.807, 2.05) is 19.1 Å². The Balaban J connectivity index is 1.87. The molecule has 3 aromatic rings. The predicted octanol–water partition coefficient (Wildman–Crippen LogP) is 3.65. The summed E-state index contributed by atoms with van der Waals surface area (Å²) in [6.07, 6.45) is 2.23. The molecule has 0 aliphatic carbocycles. The van der Waals surface area contributed by atoms with E-state index in [1.54, 1.807) is 21.3 Å². The summed E-state index contributed by atoms with van der Waals surface area (Å²) in [4.78, 5) is 8.34. The molecule has 0 bridgehead atoms. The second-order valence-corrected chi connectivity index (χ2v) is 8.73. The van der Waals surface area contributed by atoms with Crippen LogP contribution in [0.1, 0.15) is 42.1 Å². The molecule has 2 aromatic heterocycles. The number of piperidine rings is 1.